The molecule has 0 saturated carbocycles. The first-order valence-electron chi connectivity index (χ1n) is 5.01. The van der Waals surface area contributed by atoms with E-state index in [0.29, 0.717) is 19.6 Å². The van der Waals surface area contributed by atoms with Crippen molar-refractivity contribution in [2.75, 3.05) is 46.0 Å². The third-order valence-corrected chi connectivity index (χ3v) is 1.54. The second kappa shape index (κ2) is 15.3. The highest BCUT2D eigenvalue weighted by molar-refractivity contribution is 4.54. The van der Waals surface area contributed by atoms with Crippen LogP contribution in [0.1, 0.15) is 13.3 Å². The molecule has 0 rings (SSSR count). The average molecular weight is 208 g/mol. The normalized spacial score (nSPS) is 9.86. The fourth-order valence-corrected chi connectivity index (χ4v) is 0.760. The molecule has 0 radical (unpaired) electrons. The Labute approximate surface area is 86.1 Å². The lowest BCUT2D eigenvalue weighted by atomic mass is 10.4. The van der Waals surface area contributed by atoms with E-state index in [-0.39, 0.29) is 19.8 Å². The van der Waals surface area contributed by atoms with Crippen molar-refractivity contribution in [1.82, 2.24) is 4.90 Å². The van der Waals surface area contributed by atoms with Crippen molar-refractivity contribution in [3.05, 3.63) is 0 Å². The number of aliphatic hydroxyl groups excluding tert-OH is 3. The molecule has 5 nitrogen and oxygen atoms in total. The molecule has 0 aliphatic heterocycles. The third kappa shape index (κ3) is 14.3. The summed E-state index contributed by atoms with van der Waals surface area (Å²) in [5.74, 6) is 0. The maximum atomic E-state index is 8.48. The zero-order valence-electron chi connectivity index (χ0n) is 9.02. The zero-order valence-corrected chi connectivity index (χ0v) is 9.02. The third-order valence-electron chi connectivity index (χ3n) is 1.54. The number of aliphatic hydroxyl groups is 3. The molecule has 0 unspecified atom stereocenters. The molecule has 0 atom stereocenters. The first-order chi connectivity index (χ1) is 6.76. The van der Waals surface area contributed by atoms with Crippen molar-refractivity contribution in [3.63, 3.8) is 0 Å². The van der Waals surface area contributed by atoms with Gasteiger partial charge in [0.1, 0.15) is 0 Å². The highest BCUT2D eigenvalue weighted by Gasteiger charge is 2.00. The SMILES string of the molecule is CCCN.OCCN(CCO)CCO. The molecule has 0 amide bonds. The van der Waals surface area contributed by atoms with Gasteiger partial charge >= 0.3 is 0 Å². The summed E-state index contributed by atoms with van der Waals surface area (Å²) in [4.78, 5) is 1.79. The first-order valence-corrected chi connectivity index (χ1v) is 5.01. The van der Waals surface area contributed by atoms with Gasteiger partial charge in [0.15, 0.2) is 0 Å². The van der Waals surface area contributed by atoms with E-state index in [2.05, 4.69) is 6.92 Å². The molecular formula is C9H24N2O3. The molecule has 0 aromatic carbocycles. The second-order valence-corrected chi connectivity index (χ2v) is 2.80. The lowest BCUT2D eigenvalue weighted by Crippen LogP contribution is -2.32. The van der Waals surface area contributed by atoms with E-state index in [1.807, 2.05) is 0 Å². The maximum absolute atomic E-state index is 8.48. The molecule has 0 spiro atoms. The van der Waals surface area contributed by atoms with Crippen LogP contribution in [0.15, 0.2) is 0 Å². The van der Waals surface area contributed by atoms with E-state index in [9.17, 15) is 0 Å². The predicted octanol–water partition coefficient (Wildman–Crippen LogP) is -1.38. The van der Waals surface area contributed by atoms with Gasteiger partial charge in [-0.05, 0) is 13.0 Å². The molecule has 0 aliphatic carbocycles. The van der Waals surface area contributed by atoms with Crippen molar-refractivity contribution in [1.29, 1.82) is 0 Å². The maximum Gasteiger partial charge on any atom is 0.0558 e. The van der Waals surface area contributed by atoms with E-state index in [0.717, 1.165) is 13.0 Å². The Balaban J connectivity index is 0. The van der Waals surface area contributed by atoms with Crippen LogP contribution in [0.4, 0.5) is 0 Å². The van der Waals surface area contributed by atoms with Crippen LogP contribution in [0.2, 0.25) is 0 Å². The molecule has 5 heteroatoms. The topological polar surface area (TPSA) is 90.0 Å². The van der Waals surface area contributed by atoms with Gasteiger partial charge in [0, 0.05) is 19.6 Å². The fourth-order valence-electron chi connectivity index (χ4n) is 0.760. The van der Waals surface area contributed by atoms with Crippen LogP contribution < -0.4 is 5.73 Å². The summed E-state index contributed by atoms with van der Waals surface area (Å²) in [5.41, 5.74) is 5.03. The zero-order chi connectivity index (χ0) is 11.2. The van der Waals surface area contributed by atoms with Gasteiger partial charge in [0.2, 0.25) is 0 Å². The van der Waals surface area contributed by atoms with Crippen LogP contribution in [-0.2, 0) is 0 Å². The monoisotopic (exact) mass is 208 g/mol. The molecule has 5 N–H and O–H groups in total. The van der Waals surface area contributed by atoms with Gasteiger partial charge < -0.3 is 21.1 Å². The summed E-state index contributed by atoms with van der Waals surface area (Å²) in [7, 11) is 0. The van der Waals surface area contributed by atoms with Crippen LogP contribution in [0.5, 0.6) is 0 Å². The summed E-state index contributed by atoms with van der Waals surface area (Å²) in [6.45, 7) is 4.63. The predicted molar refractivity (Wildman–Crippen MR) is 57.0 cm³/mol. The molecule has 0 heterocycles. The van der Waals surface area contributed by atoms with Gasteiger partial charge in [0.05, 0.1) is 19.8 Å². The number of hydrogen-bond acceptors (Lipinski definition) is 5. The lowest BCUT2D eigenvalue weighted by molar-refractivity contribution is 0.136. The number of nitrogens with zero attached hydrogens (tertiary/aromatic N) is 1. The molecule has 0 aliphatic rings. The summed E-state index contributed by atoms with van der Waals surface area (Å²) >= 11 is 0. The molecular weight excluding hydrogens is 184 g/mol. The molecule has 14 heavy (non-hydrogen) atoms. The van der Waals surface area contributed by atoms with Crippen molar-refractivity contribution in [2.24, 2.45) is 5.73 Å². The van der Waals surface area contributed by atoms with Crippen LogP contribution in [-0.4, -0.2) is 66.2 Å². The smallest absolute Gasteiger partial charge is 0.0558 e. The summed E-state index contributed by atoms with van der Waals surface area (Å²) in [6, 6.07) is 0. The van der Waals surface area contributed by atoms with Gasteiger partial charge in [-0.2, -0.15) is 0 Å². The van der Waals surface area contributed by atoms with Crippen molar-refractivity contribution in [2.45, 2.75) is 13.3 Å². The van der Waals surface area contributed by atoms with Gasteiger partial charge in [-0.25, -0.2) is 0 Å². The van der Waals surface area contributed by atoms with Crippen molar-refractivity contribution in [3.8, 4) is 0 Å². The lowest BCUT2D eigenvalue weighted by Gasteiger charge is -2.17. The Bertz CT molecular complexity index is 77.9. The minimum absolute atomic E-state index is 0.0694. The number of nitrogens with two attached hydrogens (primary N) is 1. The van der Waals surface area contributed by atoms with Gasteiger partial charge in [-0.15, -0.1) is 0 Å². The minimum Gasteiger partial charge on any atom is -0.395 e. The molecule has 0 saturated heterocycles. The van der Waals surface area contributed by atoms with Crippen LogP contribution >= 0.6 is 0 Å². The van der Waals surface area contributed by atoms with E-state index in [1.54, 1.807) is 4.90 Å². The minimum atomic E-state index is 0.0694. The molecule has 0 aromatic rings. The Morgan fingerprint density at radius 1 is 0.929 bits per heavy atom. The number of rotatable bonds is 7. The van der Waals surface area contributed by atoms with Gasteiger partial charge in [-0.3, -0.25) is 4.90 Å². The summed E-state index contributed by atoms with van der Waals surface area (Å²) in [5, 5.41) is 25.5. The quantitative estimate of drug-likeness (QED) is 0.414. The highest BCUT2D eigenvalue weighted by Crippen LogP contribution is 1.84. The standard InChI is InChI=1S/C6H15NO3.C3H9N/c8-4-1-7(2-5-9)3-6-10;1-2-3-4/h8-10H,1-6H2;2-4H2,1H3. The van der Waals surface area contributed by atoms with Crippen LogP contribution in [0.3, 0.4) is 0 Å². The second-order valence-electron chi connectivity index (χ2n) is 2.80. The average Bonchev–Trinajstić information content (AvgIpc) is 2.20. The Morgan fingerprint density at radius 3 is 1.36 bits per heavy atom. The summed E-state index contributed by atoms with van der Waals surface area (Å²) in [6.07, 6.45) is 1.10. The Morgan fingerprint density at radius 2 is 1.21 bits per heavy atom. The van der Waals surface area contributed by atoms with Crippen molar-refractivity contribution < 1.29 is 15.3 Å². The van der Waals surface area contributed by atoms with E-state index < -0.39 is 0 Å². The van der Waals surface area contributed by atoms with E-state index in [4.69, 9.17) is 21.1 Å². The molecule has 88 valence electrons. The summed E-state index contributed by atoms with van der Waals surface area (Å²) < 4.78 is 0. The molecule has 0 aromatic heterocycles. The molecule has 0 fully saturated rings. The number of hydrogen-bond donors (Lipinski definition) is 4. The Hall–Kier alpha value is -0.200. The molecule has 0 bridgehead atoms. The first kappa shape index (κ1) is 16.2. The Kier molecular flexibility index (Phi) is 17.7. The van der Waals surface area contributed by atoms with Gasteiger partial charge in [-0.1, -0.05) is 6.92 Å². The fraction of sp³-hybridized carbons (Fsp3) is 1.00. The van der Waals surface area contributed by atoms with Crippen LogP contribution in [0.25, 0.3) is 0 Å². The largest absolute Gasteiger partial charge is 0.395 e. The van der Waals surface area contributed by atoms with E-state index >= 15 is 0 Å². The van der Waals surface area contributed by atoms with E-state index in [1.165, 1.54) is 0 Å². The highest BCUT2D eigenvalue weighted by atomic mass is 16.3. The van der Waals surface area contributed by atoms with Crippen molar-refractivity contribution >= 4 is 0 Å². The van der Waals surface area contributed by atoms with Gasteiger partial charge in [0.25, 0.3) is 0 Å². The van der Waals surface area contributed by atoms with Crippen LogP contribution in [0, 0.1) is 0 Å².